The van der Waals surface area contributed by atoms with E-state index in [1.807, 2.05) is 18.3 Å². The third kappa shape index (κ3) is 2.46. The van der Waals surface area contributed by atoms with Crippen LogP contribution in [0.4, 0.5) is 0 Å². The lowest BCUT2D eigenvalue weighted by Crippen LogP contribution is -2.14. The quantitative estimate of drug-likeness (QED) is 0.915. The number of thiazole rings is 1. The predicted molar refractivity (Wildman–Crippen MR) is 70.3 cm³/mol. The van der Waals surface area contributed by atoms with Crippen molar-refractivity contribution in [3.8, 4) is 9.88 Å². The largest absolute Gasteiger partial charge is 0.309 e. The van der Waals surface area contributed by atoms with Gasteiger partial charge >= 0.3 is 0 Å². The molecule has 0 amide bonds. The molecular formula is C11H11ClN2S2. The van der Waals surface area contributed by atoms with E-state index < -0.39 is 0 Å². The first-order chi connectivity index (χ1) is 7.81. The molecule has 0 atom stereocenters. The Morgan fingerprint density at radius 2 is 2.25 bits per heavy atom. The van der Waals surface area contributed by atoms with Crippen LogP contribution in [0.15, 0.2) is 18.3 Å². The third-order valence-corrected chi connectivity index (χ3v) is 4.88. The van der Waals surface area contributed by atoms with E-state index in [4.69, 9.17) is 11.6 Å². The van der Waals surface area contributed by atoms with E-state index >= 15 is 0 Å². The molecule has 3 rings (SSSR count). The molecule has 2 nitrogen and oxygen atoms in total. The SMILES string of the molecule is Clc1ccc(-c2ncc(CNC3CC3)s2)s1. The van der Waals surface area contributed by atoms with Crippen LogP contribution in [0.2, 0.25) is 4.34 Å². The normalized spacial score (nSPS) is 15.6. The van der Waals surface area contributed by atoms with Crippen molar-refractivity contribution in [2.24, 2.45) is 0 Å². The molecule has 16 heavy (non-hydrogen) atoms. The molecule has 0 bridgehead atoms. The lowest BCUT2D eigenvalue weighted by molar-refractivity contribution is 0.694. The highest BCUT2D eigenvalue weighted by atomic mass is 35.5. The minimum absolute atomic E-state index is 0.752. The van der Waals surface area contributed by atoms with Crippen molar-refractivity contribution in [2.45, 2.75) is 25.4 Å². The monoisotopic (exact) mass is 270 g/mol. The molecule has 2 aromatic heterocycles. The van der Waals surface area contributed by atoms with Gasteiger partial charge in [0.15, 0.2) is 0 Å². The average molecular weight is 271 g/mol. The van der Waals surface area contributed by atoms with Crippen LogP contribution in [0, 0.1) is 0 Å². The van der Waals surface area contributed by atoms with Crippen LogP contribution in [0.5, 0.6) is 0 Å². The summed E-state index contributed by atoms with van der Waals surface area (Å²) in [7, 11) is 0. The van der Waals surface area contributed by atoms with Crippen molar-refractivity contribution in [2.75, 3.05) is 0 Å². The van der Waals surface area contributed by atoms with Gasteiger partial charge in [-0.05, 0) is 25.0 Å². The highest BCUT2D eigenvalue weighted by molar-refractivity contribution is 7.23. The topological polar surface area (TPSA) is 24.9 Å². The van der Waals surface area contributed by atoms with Gasteiger partial charge in [0, 0.05) is 23.7 Å². The number of halogens is 1. The lowest BCUT2D eigenvalue weighted by atomic mass is 10.5. The molecule has 1 aliphatic rings. The molecular weight excluding hydrogens is 260 g/mol. The fraction of sp³-hybridized carbons (Fsp3) is 0.364. The first kappa shape index (κ1) is 10.7. The van der Waals surface area contributed by atoms with Crippen LogP contribution >= 0.6 is 34.3 Å². The van der Waals surface area contributed by atoms with Gasteiger partial charge in [0.25, 0.3) is 0 Å². The summed E-state index contributed by atoms with van der Waals surface area (Å²) in [6, 6.07) is 4.70. The number of hydrogen-bond donors (Lipinski definition) is 1. The number of aromatic nitrogens is 1. The van der Waals surface area contributed by atoms with Crippen molar-refractivity contribution < 1.29 is 0 Å². The number of rotatable bonds is 4. The minimum Gasteiger partial charge on any atom is -0.309 e. The van der Waals surface area contributed by atoms with E-state index in [0.29, 0.717) is 0 Å². The van der Waals surface area contributed by atoms with Crippen molar-refractivity contribution in [1.82, 2.24) is 10.3 Å². The first-order valence-corrected chi connectivity index (χ1v) is 7.26. The van der Waals surface area contributed by atoms with Gasteiger partial charge in [0.2, 0.25) is 0 Å². The van der Waals surface area contributed by atoms with Crippen LogP contribution < -0.4 is 5.32 Å². The average Bonchev–Trinajstić information content (AvgIpc) is 2.81. The summed E-state index contributed by atoms with van der Waals surface area (Å²) in [5.41, 5.74) is 0. The Morgan fingerprint density at radius 1 is 1.38 bits per heavy atom. The molecule has 0 aromatic carbocycles. The number of thiophene rings is 1. The van der Waals surface area contributed by atoms with Crippen molar-refractivity contribution in [3.05, 3.63) is 27.5 Å². The van der Waals surface area contributed by atoms with Gasteiger partial charge in [0.05, 0.1) is 9.21 Å². The number of nitrogens with one attached hydrogen (secondary N) is 1. The van der Waals surface area contributed by atoms with E-state index in [1.54, 1.807) is 22.7 Å². The Hall–Kier alpha value is -0.420. The fourth-order valence-corrected chi connectivity index (χ4v) is 3.43. The van der Waals surface area contributed by atoms with Gasteiger partial charge in [-0.1, -0.05) is 11.6 Å². The second kappa shape index (κ2) is 4.45. The second-order valence-corrected chi connectivity index (χ2v) is 6.72. The van der Waals surface area contributed by atoms with E-state index in [9.17, 15) is 0 Å². The molecule has 0 saturated heterocycles. The maximum Gasteiger partial charge on any atom is 0.133 e. The van der Waals surface area contributed by atoms with Gasteiger partial charge in [-0.15, -0.1) is 22.7 Å². The van der Waals surface area contributed by atoms with E-state index in [0.717, 1.165) is 26.8 Å². The van der Waals surface area contributed by atoms with Crippen LogP contribution in [0.1, 0.15) is 17.7 Å². The molecule has 2 heterocycles. The molecule has 5 heteroatoms. The summed E-state index contributed by atoms with van der Waals surface area (Å²) in [6.45, 7) is 0.946. The number of nitrogens with zero attached hydrogens (tertiary/aromatic N) is 1. The minimum atomic E-state index is 0.752. The standard InChI is InChI=1S/C11H11ClN2S2/c12-10-4-3-9(16-10)11-14-6-8(15-11)5-13-7-1-2-7/h3-4,6-7,13H,1-2,5H2. The molecule has 0 aliphatic heterocycles. The summed E-state index contributed by atoms with van der Waals surface area (Å²) < 4.78 is 0.822. The van der Waals surface area contributed by atoms with Crippen molar-refractivity contribution >= 4 is 34.3 Å². The lowest BCUT2D eigenvalue weighted by Gasteiger charge is -1.96. The zero-order valence-electron chi connectivity index (χ0n) is 8.57. The van der Waals surface area contributed by atoms with E-state index in [2.05, 4.69) is 10.3 Å². The van der Waals surface area contributed by atoms with Crippen LogP contribution in [0.25, 0.3) is 9.88 Å². The van der Waals surface area contributed by atoms with E-state index in [-0.39, 0.29) is 0 Å². The third-order valence-electron chi connectivity index (χ3n) is 2.48. The summed E-state index contributed by atoms with van der Waals surface area (Å²) in [5.74, 6) is 0. The van der Waals surface area contributed by atoms with Crippen LogP contribution in [-0.2, 0) is 6.54 Å². The molecule has 1 saturated carbocycles. The maximum absolute atomic E-state index is 5.91. The highest BCUT2D eigenvalue weighted by Crippen LogP contribution is 2.33. The Bertz CT molecular complexity index is 488. The van der Waals surface area contributed by atoms with Crippen LogP contribution in [0.3, 0.4) is 0 Å². The zero-order valence-corrected chi connectivity index (χ0v) is 11.0. The van der Waals surface area contributed by atoms with Crippen molar-refractivity contribution in [1.29, 1.82) is 0 Å². The summed E-state index contributed by atoms with van der Waals surface area (Å²) in [5, 5.41) is 4.56. The Labute approximate surface area is 107 Å². The summed E-state index contributed by atoms with van der Waals surface area (Å²) in [4.78, 5) is 6.89. The summed E-state index contributed by atoms with van der Waals surface area (Å²) in [6.07, 6.45) is 4.61. The molecule has 0 spiro atoms. The van der Waals surface area contributed by atoms with Crippen LogP contribution in [-0.4, -0.2) is 11.0 Å². The maximum atomic E-state index is 5.91. The molecule has 1 fully saturated rings. The van der Waals surface area contributed by atoms with Gasteiger partial charge in [-0.25, -0.2) is 4.98 Å². The smallest absolute Gasteiger partial charge is 0.133 e. The number of hydrogen-bond acceptors (Lipinski definition) is 4. The fourth-order valence-electron chi connectivity index (χ4n) is 1.46. The molecule has 84 valence electrons. The predicted octanol–water partition coefficient (Wildman–Crippen LogP) is 3.78. The molecule has 1 N–H and O–H groups in total. The Kier molecular flexibility index (Phi) is 2.98. The molecule has 0 unspecified atom stereocenters. The van der Waals surface area contributed by atoms with Gasteiger partial charge in [0.1, 0.15) is 5.01 Å². The van der Waals surface area contributed by atoms with Crippen molar-refractivity contribution in [3.63, 3.8) is 0 Å². The van der Waals surface area contributed by atoms with Gasteiger partial charge in [-0.2, -0.15) is 0 Å². The summed E-state index contributed by atoms with van der Waals surface area (Å²) >= 11 is 9.24. The van der Waals surface area contributed by atoms with Gasteiger partial charge in [-0.3, -0.25) is 0 Å². The Morgan fingerprint density at radius 3 is 2.94 bits per heavy atom. The molecule has 0 radical (unpaired) electrons. The first-order valence-electron chi connectivity index (χ1n) is 5.25. The molecule has 2 aromatic rings. The Balaban J connectivity index is 1.71. The molecule has 1 aliphatic carbocycles. The second-order valence-electron chi connectivity index (χ2n) is 3.89. The van der Waals surface area contributed by atoms with E-state index in [1.165, 1.54) is 17.7 Å². The zero-order chi connectivity index (χ0) is 11.0. The van der Waals surface area contributed by atoms with Gasteiger partial charge < -0.3 is 5.32 Å². The highest BCUT2D eigenvalue weighted by Gasteiger charge is 2.20.